The minimum Gasteiger partial charge on any atom is -0.481 e. The molecule has 2 atom stereocenters. The predicted octanol–water partition coefficient (Wildman–Crippen LogP) is 1.13. The highest BCUT2D eigenvalue weighted by molar-refractivity contribution is 5.89. The molecule has 2 unspecified atom stereocenters. The smallest absolute Gasteiger partial charge is 0.322 e. The summed E-state index contributed by atoms with van der Waals surface area (Å²) in [5.74, 6) is -1.13. The number of likely N-dealkylation sites (tertiary alicyclic amines) is 1. The van der Waals surface area contributed by atoms with Crippen molar-refractivity contribution in [3.8, 4) is 0 Å². The Morgan fingerprint density at radius 3 is 2.94 bits per heavy atom. The van der Waals surface area contributed by atoms with Crippen molar-refractivity contribution >= 4 is 17.7 Å². The van der Waals surface area contributed by atoms with Crippen LogP contribution < -0.4 is 5.32 Å². The van der Waals surface area contributed by atoms with Gasteiger partial charge in [0, 0.05) is 18.8 Å². The monoisotopic (exact) mass is 252 g/mol. The first kappa shape index (κ1) is 12.4. The lowest BCUT2D eigenvalue weighted by Crippen LogP contribution is -2.47. The van der Waals surface area contributed by atoms with E-state index in [0.29, 0.717) is 25.1 Å². The van der Waals surface area contributed by atoms with Gasteiger partial charge in [-0.15, -0.1) is 0 Å². The number of rotatable bonds is 2. The number of anilines is 1. The molecular weight excluding hydrogens is 236 g/mol. The van der Waals surface area contributed by atoms with Crippen LogP contribution in [0.1, 0.15) is 19.8 Å². The normalized spacial score (nSPS) is 23.7. The summed E-state index contributed by atoms with van der Waals surface area (Å²) < 4.78 is 0. The van der Waals surface area contributed by atoms with Crippen LogP contribution in [0.4, 0.5) is 10.5 Å². The van der Waals surface area contributed by atoms with E-state index in [1.165, 1.54) is 6.20 Å². The summed E-state index contributed by atoms with van der Waals surface area (Å²) in [5.41, 5.74) is 0.604. The summed E-state index contributed by atoms with van der Waals surface area (Å²) in [6.07, 6.45) is 4.10. The summed E-state index contributed by atoms with van der Waals surface area (Å²) in [4.78, 5) is 24.5. The molecule has 1 saturated heterocycles. The van der Waals surface area contributed by atoms with Gasteiger partial charge in [0.05, 0.1) is 17.8 Å². The van der Waals surface area contributed by atoms with Crippen molar-refractivity contribution in [3.63, 3.8) is 0 Å². The lowest BCUT2D eigenvalue weighted by molar-refractivity contribution is -0.143. The van der Waals surface area contributed by atoms with Crippen LogP contribution in [0, 0.1) is 5.92 Å². The number of aromatic nitrogens is 2. The molecule has 2 heterocycles. The number of nitrogens with zero attached hydrogens (tertiary/aromatic N) is 2. The van der Waals surface area contributed by atoms with E-state index in [1.807, 2.05) is 6.92 Å². The Bertz CT molecular complexity index is 432. The maximum Gasteiger partial charge on any atom is 0.322 e. The van der Waals surface area contributed by atoms with E-state index in [4.69, 9.17) is 5.11 Å². The second kappa shape index (κ2) is 5.07. The van der Waals surface area contributed by atoms with E-state index in [2.05, 4.69) is 15.5 Å². The highest BCUT2D eigenvalue weighted by Crippen LogP contribution is 2.23. The zero-order chi connectivity index (χ0) is 13.1. The fourth-order valence-corrected chi connectivity index (χ4v) is 2.21. The quantitative estimate of drug-likeness (QED) is 0.734. The first-order chi connectivity index (χ1) is 8.58. The summed E-state index contributed by atoms with van der Waals surface area (Å²) >= 11 is 0. The Hall–Kier alpha value is -2.05. The lowest BCUT2D eigenvalue weighted by atomic mass is 9.92. The maximum absolute atomic E-state index is 12.0. The highest BCUT2D eigenvalue weighted by Gasteiger charge is 2.32. The first-order valence-electron chi connectivity index (χ1n) is 5.87. The molecule has 1 aromatic heterocycles. The number of carbonyl (C=O) groups is 2. The number of carboxylic acid groups (broad SMARTS) is 1. The fourth-order valence-electron chi connectivity index (χ4n) is 2.21. The summed E-state index contributed by atoms with van der Waals surface area (Å²) in [6.45, 7) is 2.33. The number of carboxylic acids is 1. The van der Waals surface area contributed by atoms with Crippen molar-refractivity contribution in [2.75, 3.05) is 11.9 Å². The van der Waals surface area contributed by atoms with Crippen LogP contribution in [-0.4, -0.2) is 44.8 Å². The third kappa shape index (κ3) is 2.61. The Balaban J connectivity index is 1.94. The van der Waals surface area contributed by atoms with Gasteiger partial charge in [0.25, 0.3) is 0 Å². The van der Waals surface area contributed by atoms with Gasteiger partial charge < -0.3 is 15.3 Å². The Morgan fingerprint density at radius 1 is 1.61 bits per heavy atom. The molecule has 7 heteroatoms. The second-order valence-electron chi connectivity index (χ2n) is 4.52. The van der Waals surface area contributed by atoms with Gasteiger partial charge >= 0.3 is 12.0 Å². The molecule has 0 saturated carbocycles. The van der Waals surface area contributed by atoms with Gasteiger partial charge in [-0.2, -0.15) is 5.10 Å². The average Bonchev–Trinajstić information content (AvgIpc) is 2.81. The molecule has 1 aromatic rings. The van der Waals surface area contributed by atoms with Crippen LogP contribution in [0.3, 0.4) is 0 Å². The van der Waals surface area contributed by atoms with E-state index in [-0.39, 0.29) is 18.0 Å². The lowest BCUT2D eigenvalue weighted by Gasteiger charge is -2.36. The molecule has 0 bridgehead atoms. The van der Waals surface area contributed by atoms with Crippen LogP contribution in [0.2, 0.25) is 0 Å². The largest absolute Gasteiger partial charge is 0.481 e. The van der Waals surface area contributed by atoms with Crippen LogP contribution >= 0.6 is 0 Å². The molecular formula is C11H16N4O3. The topological polar surface area (TPSA) is 98.3 Å². The van der Waals surface area contributed by atoms with Gasteiger partial charge in [0.2, 0.25) is 0 Å². The maximum atomic E-state index is 12.0. The molecule has 3 N–H and O–H groups in total. The number of hydrogen-bond donors (Lipinski definition) is 3. The Labute approximate surface area is 104 Å². The van der Waals surface area contributed by atoms with E-state index < -0.39 is 5.97 Å². The third-order valence-corrected chi connectivity index (χ3v) is 3.24. The molecule has 2 rings (SSSR count). The molecule has 1 fully saturated rings. The van der Waals surface area contributed by atoms with E-state index in [0.717, 1.165) is 0 Å². The number of carbonyl (C=O) groups excluding carboxylic acids is 1. The van der Waals surface area contributed by atoms with Gasteiger partial charge in [-0.1, -0.05) is 0 Å². The van der Waals surface area contributed by atoms with Crippen molar-refractivity contribution in [1.82, 2.24) is 15.1 Å². The molecule has 7 nitrogen and oxygen atoms in total. The van der Waals surface area contributed by atoms with Crippen molar-refractivity contribution < 1.29 is 14.7 Å². The molecule has 2 amide bonds. The number of nitrogens with one attached hydrogen (secondary N) is 2. The summed E-state index contributed by atoms with van der Waals surface area (Å²) in [5, 5.41) is 18.0. The van der Waals surface area contributed by atoms with Crippen molar-refractivity contribution in [1.29, 1.82) is 0 Å². The predicted molar refractivity (Wildman–Crippen MR) is 64.1 cm³/mol. The Kier molecular flexibility index (Phi) is 3.50. The summed E-state index contributed by atoms with van der Waals surface area (Å²) in [6, 6.07) is -0.292. The number of aromatic amines is 1. The molecule has 1 aliphatic heterocycles. The molecule has 1 aliphatic rings. The van der Waals surface area contributed by atoms with Crippen molar-refractivity contribution in [2.45, 2.75) is 25.8 Å². The molecule has 98 valence electrons. The zero-order valence-corrected chi connectivity index (χ0v) is 10.1. The summed E-state index contributed by atoms with van der Waals surface area (Å²) in [7, 11) is 0. The van der Waals surface area contributed by atoms with Crippen molar-refractivity contribution in [2.24, 2.45) is 5.92 Å². The highest BCUT2D eigenvalue weighted by atomic mass is 16.4. The number of hydrogen-bond acceptors (Lipinski definition) is 3. The molecule has 18 heavy (non-hydrogen) atoms. The van der Waals surface area contributed by atoms with E-state index in [1.54, 1.807) is 11.1 Å². The van der Waals surface area contributed by atoms with Crippen molar-refractivity contribution in [3.05, 3.63) is 12.4 Å². The average molecular weight is 252 g/mol. The number of amides is 2. The standard InChI is InChI=1S/C11H16N4O3/c1-7-4-8(10(16)17)2-3-15(7)11(18)14-9-5-12-13-6-9/h5-8H,2-4H2,1H3,(H,12,13)(H,14,18)(H,16,17). The minimum atomic E-state index is -0.781. The molecule has 0 spiro atoms. The second-order valence-corrected chi connectivity index (χ2v) is 4.52. The fraction of sp³-hybridized carbons (Fsp3) is 0.545. The van der Waals surface area contributed by atoms with Crippen LogP contribution in [-0.2, 0) is 4.79 Å². The SMILES string of the molecule is CC1CC(C(=O)O)CCN1C(=O)Nc1cn[nH]c1. The molecule has 0 aliphatic carbocycles. The Morgan fingerprint density at radius 2 is 2.39 bits per heavy atom. The molecule has 0 radical (unpaired) electrons. The van der Waals surface area contributed by atoms with Crippen LogP contribution in [0.15, 0.2) is 12.4 Å². The van der Waals surface area contributed by atoms with Crippen LogP contribution in [0.5, 0.6) is 0 Å². The van der Waals surface area contributed by atoms with Gasteiger partial charge in [-0.05, 0) is 19.8 Å². The van der Waals surface area contributed by atoms with Crippen LogP contribution in [0.25, 0.3) is 0 Å². The van der Waals surface area contributed by atoms with Gasteiger partial charge in [0.15, 0.2) is 0 Å². The molecule has 0 aromatic carbocycles. The first-order valence-corrected chi connectivity index (χ1v) is 5.87. The van der Waals surface area contributed by atoms with E-state index in [9.17, 15) is 9.59 Å². The van der Waals surface area contributed by atoms with Gasteiger partial charge in [0.1, 0.15) is 0 Å². The third-order valence-electron chi connectivity index (χ3n) is 3.24. The van der Waals surface area contributed by atoms with Gasteiger partial charge in [-0.25, -0.2) is 4.79 Å². The van der Waals surface area contributed by atoms with E-state index >= 15 is 0 Å². The zero-order valence-electron chi connectivity index (χ0n) is 10.1. The number of H-pyrrole nitrogens is 1. The number of urea groups is 1. The van der Waals surface area contributed by atoms with Gasteiger partial charge in [-0.3, -0.25) is 9.89 Å². The number of aliphatic carboxylic acids is 1. The minimum absolute atomic E-state index is 0.0771. The number of piperidine rings is 1.